The second-order valence-corrected chi connectivity index (χ2v) is 8.14. The van der Waals surface area contributed by atoms with Gasteiger partial charge in [-0.25, -0.2) is 0 Å². The first kappa shape index (κ1) is 21.1. The number of hydrogen-bond donors (Lipinski definition) is 2. The topological polar surface area (TPSA) is 56.5 Å². The van der Waals surface area contributed by atoms with E-state index in [1.807, 2.05) is 0 Å². The van der Waals surface area contributed by atoms with Crippen LogP contribution in [0, 0.1) is 0 Å². The van der Waals surface area contributed by atoms with E-state index in [4.69, 9.17) is 14.6 Å². The third-order valence-corrected chi connectivity index (χ3v) is 5.82. The maximum absolute atomic E-state index is 5.42. The molecule has 0 aliphatic heterocycles. The lowest BCUT2D eigenvalue weighted by molar-refractivity contribution is 0.276. The maximum atomic E-state index is 5.42. The smallest absolute Gasteiger partial charge is 0.320 e. The second-order valence-electron chi connectivity index (χ2n) is 5.76. The van der Waals surface area contributed by atoms with Gasteiger partial charge in [0.25, 0.3) is 0 Å². The summed E-state index contributed by atoms with van der Waals surface area (Å²) in [5, 5.41) is 3.34. The molecule has 0 saturated heterocycles. The second kappa shape index (κ2) is 18.1. The molecule has 0 atom stereocenters. The highest BCUT2D eigenvalue weighted by Gasteiger charge is 2.07. The van der Waals surface area contributed by atoms with Crippen LogP contribution in [0.2, 0.25) is 6.04 Å². The zero-order chi connectivity index (χ0) is 15.6. The van der Waals surface area contributed by atoms with Crippen molar-refractivity contribution in [2.75, 3.05) is 33.9 Å². The van der Waals surface area contributed by atoms with E-state index < -0.39 is 9.28 Å². The highest BCUT2D eigenvalue weighted by molar-refractivity contribution is 6.44. The first-order valence-electron chi connectivity index (χ1n) is 8.81. The molecule has 0 aromatic rings. The molecule has 4 nitrogen and oxygen atoms in total. The molecule has 128 valence electrons. The Morgan fingerprint density at radius 1 is 0.714 bits per heavy atom. The molecule has 0 aliphatic rings. The van der Waals surface area contributed by atoms with Gasteiger partial charge in [0.05, 0.1) is 0 Å². The molecule has 0 bridgehead atoms. The van der Waals surface area contributed by atoms with Crippen LogP contribution in [0.25, 0.3) is 0 Å². The Labute approximate surface area is 134 Å². The minimum absolute atomic E-state index is 0.750. The zero-order valence-electron chi connectivity index (χ0n) is 14.4. The Morgan fingerprint density at radius 3 is 1.67 bits per heavy atom. The van der Waals surface area contributed by atoms with E-state index in [2.05, 4.69) is 5.32 Å². The zero-order valence-corrected chi connectivity index (χ0v) is 15.5. The number of unbranched alkanes of at least 4 members (excludes halogenated alkanes) is 9. The van der Waals surface area contributed by atoms with Gasteiger partial charge in [0.2, 0.25) is 0 Å². The summed E-state index contributed by atoms with van der Waals surface area (Å²) in [6.07, 6.45) is 13.6. The predicted molar refractivity (Wildman–Crippen MR) is 94.1 cm³/mol. The van der Waals surface area contributed by atoms with Gasteiger partial charge in [0, 0.05) is 27.3 Å². The SMILES string of the molecule is CO[SiH](CCCCCCCCCCCCNCCN)OC. The van der Waals surface area contributed by atoms with Crippen molar-refractivity contribution in [2.24, 2.45) is 5.73 Å². The minimum Gasteiger partial charge on any atom is -0.400 e. The predicted octanol–water partition coefficient (Wildman–Crippen LogP) is 2.95. The number of nitrogens with one attached hydrogen (secondary N) is 1. The third kappa shape index (κ3) is 16.3. The van der Waals surface area contributed by atoms with Crippen molar-refractivity contribution in [1.82, 2.24) is 5.32 Å². The van der Waals surface area contributed by atoms with Crippen LogP contribution in [0.4, 0.5) is 0 Å². The highest BCUT2D eigenvalue weighted by Crippen LogP contribution is 2.12. The summed E-state index contributed by atoms with van der Waals surface area (Å²) in [5.41, 5.74) is 5.42. The Kier molecular flexibility index (Phi) is 18.2. The van der Waals surface area contributed by atoms with Crippen LogP contribution in [0.5, 0.6) is 0 Å². The molecule has 0 radical (unpaired) electrons. The van der Waals surface area contributed by atoms with Crippen molar-refractivity contribution in [3.63, 3.8) is 0 Å². The average Bonchev–Trinajstić information content (AvgIpc) is 2.51. The lowest BCUT2D eigenvalue weighted by Gasteiger charge is -2.10. The van der Waals surface area contributed by atoms with E-state index in [0.29, 0.717) is 0 Å². The fourth-order valence-corrected chi connectivity index (χ4v) is 3.82. The van der Waals surface area contributed by atoms with E-state index in [1.54, 1.807) is 14.2 Å². The Balaban J connectivity index is 3.02. The highest BCUT2D eigenvalue weighted by atomic mass is 28.3. The van der Waals surface area contributed by atoms with Gasteiger partial charge in [0.15, 0.2) is 0 Å². The van der Waals surface area contributed by atoms with Gasteiger partial charge in [0.1, 0.15) is 0 Å². The van der Waals surface area contributed by atoms with Crippen molar-refractivity contribution < 1.29 is 8.85 Å². The quantitative estimate of drug-likeness (QED) is 0.320. The molecule has 0 aromatic heterocycles. The molecule has 0 aliphatic carbocycles. The van der Waals surface area contributed by atoms with Gasteiger partial charge >= 0.3 is 9.28 Å². The van der Waals surface area contributed by atoms with Gasteiger partial charge in [-0.3, -0.25) is 0 Å². The van der Waals surface area contributed by atoms with E-state index in [0.717, 1.165) is 25.7 Å². The Hall–Kier alpha value is 0.0569. The summed E-state index contributed by atoms with van der Waals surface area (Å²) >= 11 is 0. The lowest BCUT2D eigenvalue weighted by Crippen LogP contribution is -2.23. The number of nitrogens with two attached hydrogens (primary N) is 1. The van der Waals surface area contributed by atoms with Gasteiger partial charge in [-0.05, 0) is 19.0 Å². The molecular formula is C16H38N2O2Si. The first-order valence-corrected chi connectivity index (χ1v) is 10.6. The van der Waals surface area contributed by atoms with Crippen molar-refractivity contribution in [3.05, 3.63) is 0 Å². The van der Waals surface area contributed by atoms with Crippen LogP contribution < -0.4 is 11.1 Å². The molecular weight excluding hydrogens is 280 g/mol. The fourth-order valence-electron chi connectivity index (χ4n) is 2.53. The summed E-state index contributed by atoms with van der Waals surface area (Å²) < 4.78 is 10.6. The Morgan fingerprint density at radius 2 is 1.19 bits per heavy atom. The molecule has 0 spiro atoms. The largest absolute Gasteiger partial charge is 0.400 e. The monoisotopic (exact) mass is 318 g/mol. The number of hydrogen-bond acceptors (Lipinski definition) is 4. The molecule has 0 unspecified atom stereocenters. The van der Waals surface area contributed by atoms with Crippen molar-refractivity contribution in [3.8, 4) is 0 Å². The van der Waals surface area contributed by atoms with Gasteiger partial charge < -0.3 is 19.9 Å². The van der Waals surface area contributed by atoms with Crippen LogP contribution in [0.1, 0.15) is 64.2 Å². The van der Waals surface area contributed by atoms with Gasteiger partial charge in [-0.15, -0.1) is 0 Å². The van der Waals surface area contributed by atoms with Gasteiger partial charge in [-0.1, -0.05) is 57.8 Å². The standard InChI is InChI=1S/C16H38N2O2Si/c1-19-21(20-2)16-12-10-8-6-4-3-5-7-9-11-14-18-15-13-17/h18,21H,3-17H2,1-2H3. The summed E-state index contributed by atoms with van der Waals surface area (Å²) in [4.78, 5) is 0. The molecule has 0 fully saturated rings. The van der Waals surface area contributed by atoms with E-state index in [9.17, 15) is 0 Å². The summed E-state index contributed by atoms with van der Waals surface area (Å²) in [6.45, 7) is 2.84. The molecule has 0 saturated carbocycles. The summed E-state index contributed by atoms with van der Waals surface area (Å²) in [6, 6.07) is 1.16. The van der Waals surface area contributed by atoms with Crippen LogP contribution in [-0.2, 0) is 8.85 Å². The molecule has 0 heterocycles. The number of rotatable bonds is 17. The lowest BCUT2D eigenvalue weighted by atomic mass is 10.1. The molecule has 0 aromatic carbocycles. The van der Waals surface area contributed by atoms with Crippen molar-refractivity contribution in [1.29, 1.82) is 0 Å². The third-order valence-electron chi connectivity index (χ3n) is 3.89. The average molecular weight is 319 g/mol. The maximum Gasteiger partial charge on any atom is 0.320 e. The molecule has 21 heavy (non-hydrogen) atoms. The van der Waals surface area contributed by atoms with E-state index in [1.165, 1.54) is 64.2 Å². The first-order chi connectivity index (χ1) is 10.3. The van der Waals surface area contributed by atoms with E-state index in [-0.39, 0.29) is 0 Å². The van der Waals surface area contributed by atoms with Crippen LogP contribution in [-0.4, -0.2) is 43.1 Å². The van der Waals surface area contributed by atoms with Crippen LogP contribution in [0.3, 0.4) is 0 Å². The van der Waals surface area contributed by atoms with Crippen LogP contribution in [0.15, 0.2) is 0 Å². The van der Waals surface area contributed by atoms with Crippen LogP contribution >= 0.6 is 0 Å². The molecule has 0 amide bonds. The minimum atomic E-state index is -1.29. The molecule has 5 heteroatoms. The summed E-state index contributed by atoms with van der Waals surface area (Å²) in [7, 11) is 2.25. The fraction of sp³-hybridized carbons (Fsp3) is 1.00. The van der Waals surface area contributed by atoms with Crippen molar-refractivity contribution in [2.45, 2.75) is 70.3 Å². The molecule has 0 rings (SSSR count). The summed E-state index contributed by atoms with van der Waals surface area (Å²) in [5.74, 6) is 0. The Bertz CT molecular complexity index is 193. The normalized spacial score (nSPS) is 11.4. The molecule has 3 N–H and O–H groups in total. The van der Waals surface area contributed by atoms with Crippen molar-refractivity contribution >= 4 is 9.28 Å². The van der Waals surface area contributed by atoms with E-state index >= 15 is 0 Å². The van der Waals surface area contributed by atoms with Gasteiger partial charge in [-0.2, -0.15) is 0 Å².